The second kappa shape index (κ2) is 7.94. The maximum absolute atomic E-state index is 12.8. The standard InChI is InChI=1S/C17H23FN2O3/c1-12-4-5-13(17(19)22)11-20(12)16(21)3-2-10-23-15-8-6-14(18)7-9-15/h6-9,12-13H,2-5,10-11H2,1H3,(H2,19,22)/t12-,13-/m0/s1. The van der Waals surface area contributed by atoms with Crippen molar-refractivity contribution < 1.29 is 18.7 Å². The molecule has 2 atom stereocenters. The molecular weight excluding hydrogens is 299 g/mol. The molecule has 23 heavy (non-hydrogen) atoms. The summed E-state index contributed by atoms with van der Waals surface area (Å²) in [6.07, 6.45) is 2.47. The molecule has 0 radical (unpaired) electrons. The monoisotopic (exact) mass is 322 g/mol. The van der Waals surface area contributed by atoms with Gasteiger partial charge in [0.1, 0.15) is 11.6 Å². The van der Waals surface area contributed by atoms with E-state index in [1.54, 1.807) is 17.0 Å². The number of ether oxygens (including phenoxy) is 1. The van der Waals surface area contributed by atoms with Crippen LogP contribution in [0.25, 0.3) is 0 Å². The van der Waals surface area contributed by atoms with E-state index in [9.17, 15) is 14.0 Å². The maximum atomic E-state index is 12.8. The smallest absolute Gasteiger partial charge is 0.222 e. The quantitative estimate of drug-likeness (QED) is 0.815. The number of primary amides is 1. The van der Waals surface area contributed by atoms with Crippen LogP contribution in [0.5, 0.6) is 5.75 Å². The molecule has 6 heteroatoms. The number of carbonyl (C=O) groups is 2. The third kappa shape index (κ3) is 4.94. The van der Waals surface area contributed by atoms with E-state index >= 15 is 0 Å². The number of rotatable bonds is 6. The Morgan fingerprint density at radius 1 is 1.30 bits per heavy atom. The minimum Gasteiger partial charge on any atom is -0.494 e. The second-order valence-electron chi connectivity index (χ2n) is 5.98. The van der Waals surface area contributed by atoms with Gasteiger partial charge in [-0.3, -0.25) is 9.59 Å². The molecule has 1 fully saturated rings. The van der Waals surface area contributed by atoms with Gasteiger partial charge in [-0.2, -0.15) is 0 Å². The predicted octanol–water partition coefficient (Wildman–Crippen LogP) is 2.10. The lowest BCUT2D eigenvalue weighted by Crippen LogP contribution is -2.48. The van der Waals surface area contributed by atoms with Crippen molar-refractivity contribution >= 4 is 11.8 Å². The highest BCUT2D eigenvalue weighted by atomic mass is 19.1. The Kier molecular flexibility index (Phi) is 5.96. The largest absolute Gasteiger partial charge is 0.494 e. The normalized spacial score (nSPS) is 21.0. The zero-order valence-corrected chi connectivity index (χ0v) is 13.3. The summed E-state index contributed by atoms with van der Waals surface area (Å²) < 4.78 is 18.2. The molecule has 126 valence electrons. The summed E-state index contributed by atoms with van der Waals surface area (Å²) in [5.41, 5.74) is 5.35. The number of hydrogen-bond acceptors (Lipinski definition) is 3. The van der Waals surface area contributed by atoms with Crippen molar-refractivity contribution in [3.63, 3.8) is 0 Å². The lowest BCUT2D eigenvalue weighted by atomic mass is 9.92. The fourth-order valence-electron chi connectivity index (χ4n) is 2.77. The van der Waals surface area contributed by atoms with Crippen LogP contribution in [0.15, 0.2) is 24.3 Å². The maximum Gasteiger partial charge on any atom is 0.222 e. The number of hydrogen-bond donors (Lipinski definition) is 1. The SMILES string of the molecule is C[C@H]1CC[C@H](C(N)=O)CN1C(=O)CCCOc1ccc(F)cc1. The van der Waals surface area contributed by atoms with Gasteiger partial charge in [0.25, 0.3) is 0 Å². The molecule has 0 spiro atoms. The van der Waals surface area contributed by atoms with Crippen LogP contribution in [-0.2, 0) is 9.59 Å². The molecule has 1 heterocycles. The molecule has 2 amide bonds. The highest BCUT2D eigenvalue weighted by Gasteiger charge is 2.31. The Morgan fingerprint density at radius 2 is 2.00 bits per heavy atom. The number of likely N-dealkylation sites (tertiary alicyclic amines) is 1. The van der Waals surface area contributed by atoms with Gasteiger partial charge in [0.15, 0.2) is 0 Å². The highest BCUT2D eigenvalue weighted by molar-refractivity contribution is 5.80. The first-order chi connectivity index (χ1) is 11.0. The van der Waals surface area contributed by atoms with Gasteiger partial charge in [-0.25, -0.2) is 4.39 Å². The Balaban J connectivity index is 1.75. The lowest BCUT2D eigenvalue weighted by Gasteiger charge is -2.37. The van der Waals surface area contributed by atoms with Gasteiger partial charge in [0, 0.05) is 19.0 Å². The summed E-state index contributed by atoms with van der Waals surface area (Å²) in [4.78, 5) is 25.4. The fourth-order valence-corrected chi connectivity index (χ4v) is 2.77. The summed E-state index contributed by atoms with van der Waals surface area (Å²) >= 11 is 0. The fraction of sp³-hybridized carbons (Fsp3) is 0.529. The summed E-state index contributed by atoms with van der Waals surface area (Å²) in [7, 11) is 0. The number of amides is 2. The van der Waals surface area contributed by atoms with Crippen LogP contribution in [-0.4, -0.2) is 35.9 Å². The van der Waals surface area contributed by atoms with E-state index < -0.39 is 0 Å². The molecule has 1 aromatic rings. The van der Waals surface area contributed by atoms with E-state index in [1.807, 2.05) is 6.92 Å². The van der Waals surface area contributed by atoms with Crippen LogP contribution in [0, 0.1) is 11.7 Å². The van der Waals surface area contributed by atoms with Crippen LogP contribution in [0.1, 0.15) is 32.6 Å². The number of carbonyl (C=O) groups excluding carboxylic acids is 2. The molecule has 0 aliphatic carbocycles. The Bertz CT molecular complexity index is 547. The minimum absolute atomic E-state index is 0.0196. The first-order valence-electron chi connectivity index (χ1n) is 7.94. The topological polar surface area (TPSA) is 72.6 Å². The van der Waals surface area contributed by atoms with Gasteiger partial charge in [-0.05, 0) is 50.5 Å². The summed E-state index contributed by atoms with van der Waals surface area (Å²) in [6, 6.07) is 5.92. The number of nitrogens with two attached hydrogens (primary N) is 1. The second-order valence-corrected chi connectivity index (χ2v) is 5.98. The van der Waals surface area contributed by atoms with Gasteiger partial charge in [0.2, 0.25) is 11.8 Å². The Hall–Kier alpha value is -2.11. The van der Waals surface area contributed by atoms with Gasteiger partial charge >= 0.3 is 0 Å². The molecule has 5 nitrogen and oxygen atoms in total. The van der Waals surface area contributed by atoms with E-state index in [0.717, 1.165) is 12.8 Å². The lowest BCUT2D eigenvalue weighted by molar-refractivity contribution is -0.137. The van der Waals surface area contributed by atoms with Crippen molar-refractivity contribution in [3.05, 3.63) is 30.1 Å². The van der Waals surface area contributed by atoms with Gasteiger partial charge in [0.05, 0.1) is 12.5 Å². The molecule has 1 aliphatic rings. The van der Waals surface area contributed by atoms with E-state index in [0.29, 0.717) is 31.7 Å². The van der Waals surface area contributed by atoms with Crippen molar-refractivity contribution in [3.8, 4) is 5.75 Å². The molecule has 1 aliphatic heterocycles. The number of nitrogens with zero attached hydrogens (tertiary/aromatic N) is 1. The van der Waals surface area contributed by atoms with Gasteiger partial charge < -0.3 is 15.4 Å². The summed E-state index contributed by atoms with van der Waals surface area (Å²) in [5.74, 6) is -0.291. The zero-order valence-electron chi connectivity index (χ0n) is 13.3. The van der Waals surface area contributed by atoms with Gasteiger partial charge in [-0.1, -0.05) is 0 Å². The predicted molar refractivity (Wildman–Crippen MR) is 84.2 cm³/mol. The molecule has 2 N–H and O–H groups in total. The van der Waals surface area contributed by atoms with Crippen molar-refractivity contribution in [2.75, 3.05) is 13.2 Å². The van der Waals surface area contributed by atoms with E-state index in [2.05, 4.69) is 0 Å². The average molecular weight is 322 g/mol. The van der Waals surface area contributed by atoms with E-state index in [4.69, 9.17) is 10.5 Å². The van der Waals surface area contributed by atoms with Crippen LogP contribution in [0.2, 0.25) is 0 Å². The Labute approximate surface area is 135 Å². The third-order valence-corrected chi connectivity index (χ3v) is 4.22. The molecule has 0 aromatic heterocycles. The van der Waals surface area contributed by atoms with Crippen molar-refractivity contribution in [1.82, 2.24) is 4.90 Å². The number of benzene rings is 1. The molecule has 1 saturated heterocycles. The van der Waals surface area contributed by atoms with Crippen LogP contribution in [0.4, 0.5) is 4.39 Å². The number of halogens is 1. The van der Waals surface area contributed by atoms with Crippen LogP contribution in [0.3, 0.4) is 0 Å². The zero-order chi connectivity index (χ0) is 16.8. The number of piperidine rings is 1. The van der Waals surface area contributed by atoms with Crippen molar-refractivity contribution in [2.45, 2.75) is 38.6 Å². The summed E-state index contributed by atoms with van der Waals surface area (Å²) in [6.45, 7) is 2.79. The molecule has 1 aromatic carbocycles. The van der Waals surface area contributed by atoms with E-state index in [1.165, 1.54) is 12.1 Å². The molecular formula is C17H23FN2O3. The molecule has 0 unspecified atom stereocenters. The molecule has 0 saturated carbocycles. The third-order valence-electron chi connectivity index (χ3n) is 4.22. The van der Waals surface area contributed by atoms with Crippen LogP contribution < -0.4 is 10.5 Å². The average Bonchev–Trinajstić information content (AvgIpc) is 2.53. The van der Waals surface area contributed by atoms with Crippen LogP contribution >= 0.6 is 0 Å². The first kappa shape index (κ1) is 17.2. The first-order valence-corrected chi connectivity index (χ1v) is 7.94. The summed E-state index contributed by atoms with van der Waals surface area (Å²) in [5, 5.41) is 0. The van der Waals surface area contributed by atoms with Crippen molar-refractivity contribution in [2.24, 2.45) is 11.7 Å². The highest BCUT2D eigenvalue weighted by Crippen LogP contribution is 2.22. The minimum atomic E-state index is -0.339. The van der Waals surface area contributed by atoms with E-state index in [-0.39, 0.29) is 29.6 Å². The van der Waals surface area contributed by atoms with Gasteiger partial charge in [-0.15, -0.1) is 0 Å². The Morgan fingerprint density at radius 3 is 2.65 bits per heavy atom. The van der Waals surface area contributed by atoms with Crippen molar-refractivity contribution in [1.29, 1.82) is 0 Å². The molecule has 0 bridgehead atoms. The molecule has 2 rings (SSSR count).